The SMILES string of the molecule is CC(C)[C@H](C(=O)O)c1ccccn1. The second kappa shape index (κ2) is 4.03. The molecular weight excluding hydrogens is 166 g/mol. The van der Waals surface area contributed by atoms with Crippen LogP contribution in [0, 0.1) is 5.92 Å². The summed E-state index contributed by atoms with van der Waals surface area (Å²) in [5.74, 6) is -1.25. The van der Waals surface area contributed by atoms with Crippen LogP contribution in [0.4, 0.5) is 0 Å². The van der Waals surface area contributed by atoms with Gasteiger partial charge in [-0.05, 0) is 18.1 Å². The van der Waals surface area contributed by atoms with E-state index in [9.17, 15) is 4.79 Å². The van der Waals surface area contributed by atoms with Crippen LogP contribution >= 0.6 is 0 Å². The van der Waals surface area contributed by atoms with Crippen molar-refractivity contribution < 1.29 is 9.90 Å². The molecule has 0 saturated carbocycles. The Labute approximate surface area is 77.4 Å². The van der Waals surface area contributed by atoms with Crippen LogP contribution in [-0.2, 0) is 4.79 Å². The second-order valence-electron chi connectivity index (χ2n) is 3.31. The maximum Gasteiger partial charge on any atom is 0.312 e. The Bertz CT molecular complexity index is 282. The molecule has 1 N–H and O–H groups in total. The Hall–Kier alpha value is -1.38. The van der Waals surface area contributed by atoms with Gasteiger partial charge in [0.15, 0.2) is 0 Å². The van der Waals surface area contributed by atoms with E-state index in [-0.39, 0.29) is 5.92 Å². The number of pyridine rings is 1. The van der Waals surface area contributed by atoms with E-state index in [1.54, 1.807) is 24.4 Å². The Kier molecular flexibility index (Phi) is 3.01. The van der Waals surface area contributed by atoms with E-state index >= 15 is 0 Å². The first-order valence-corrected chi connectivity index (χ1v) is 4.26. The molecule has 1 aromatic heterocycles. The topological polar surface area (TPSA) is 50.2 Å². The minimum absolute atomic E-state index is 0.0624. The summed E-state index contributed by atoms with van der Waals surface area (Å²) < 4.78 is 0. The number of carbonyl (C=O) groups is 1. The van der Waals surface area contributed by atoms with Gasteiger partial charge in [0, 0.05) is 6.20 Å². The third kappa shape index (κ3) is 2.28. The number of hydrogen-bond donors (Lipinski definition) is 1. The van der Waals surface area contributed by atoms with Crippen molar-refractivity contribution >= 4 is 5.97 Å². The zero-order chi connectivity index (χ0) is 9.84. The Morgan fingerprint density at radius 3 is 2.54 bits per heavy atom. The Balaban J connectivity index is 2.96. The number of carboxylic acids is 1. The van der Waals surface area contributed by atoms with Gasteiger partial charge in [0.25, 0.3) is 0 Å². The monoisotopic (exact) mass is 179 g/mol. The number of aliphatic carboxylic acids is 1. The normalized spacial score (nSPS) is 12.8. The van der Waals surface area contributed by atoms with Gasteiger partial charge in [0.05, 0.1) is 5.69 Å². The third-order valence-electron chi connectivity index (χ3n) is 1.94. The lowest BCUT2D eigenvalue weighted by molar-refractivity contribution is -0.140. The van der Waals surface area contributed by atoms with Gasteiger partial charge >= 0.3 is 5.97 Å². The zero-order valence-electron chi connectivity index (χ0n) is 7.77. The van der Waals surface area contributed by atoms with E-state index in [1.165, 1.54) is 0 Å². The predicted molar refractivity (Wildman–Crippen MR) is 49.5 cm³/mol. The molecule has 0 spiro atoms. The molecular formula is C10H13NO2. The number of rotatable bonds is 3. The molecule has 1 rings (SSSR count). The smallest absolute Gasteiger partial charge is 0.312 e. The Morgan fingerprint density at radius 1 is 1.46 bits per heavy atom. The summed E-state index contributed by atoms with van der Waals surface area (Å²) in [6, 6.07) is 5.34. The van der Waals surface area contributed by atoms with Crippen molar-refractivity contribution in [3.05, 3.63) is 30.1 Å². The molecule has 0 bridgehead atoms. The van der Waals surface area contributed by atoms with Crippen LogP contribution in [0.15, 0.2) is 24.4 Å². The molecule has 1 aromatic rings. The summed E-state index contributed by atoms with van der Waals surface area (Å²) in [7, 11) is 0. The number of carboxylic acid groups (broad SMARTS) is 1. The summed E-state index contributed by atoms with van der Waals surface area (Å²) in [4.78, 5) is 14.9. The lowest BCUT2D eigenvalue weighted by Crippen LogP contribution is -2.18. The largest absolute Gasteiger partial charge is 0.481 e. The first-order valence-electron chi connectivity index (χ1n) is 4.26. The van der Waals surface area contributed by atoms with Crippen molar-refractivity contribution in [1.29, 1.82) is 0 Å². The lowest BCUT2D eigenvalue weighted by atomic mass is 9.92. The van der Waals surface area contributed by atoms with Gasteiger partial charge in [0.1, 0.15) is 5.92 Å². The van der Waals surface area contributed by atoms with Crippen molar-refractivity contribution in [2.24, 2.45) is 5.92 Å². The summed E-state index contributed by atoms with van der Waals surface area (Å²) in [6.45, 7) is 3.76. The quantitative estimate of drug-likeness (QED) is 0.771. The number of aromatic nitrogens is 1. The highest BCUT2D eigenvalue weighted by molar-refractivity contribution is 5.75. The van der Waals surface area contributed by atoms with E-state index in [0.29, 0.717) is 5.69 Å². The highest BCUT2D eigenvalue weighted by Crippen LogP contribution is 2.22. The third-order valence-corrected chi connectivity index (χ3v) is 1.94. The predicted octanol–water partition coefficient (Wildman–Crippen LogP) is 1.91. The Morgan fingerprint density at radius 2 is 2.15 bits per heavy atom. The van der Waals surface area contributed by atoms with Gasteiger partial charge in [-0.25, -0.2) is 0 Å². The molecule has 13 heavy (non-hydrogen) atoms. The van der Waals surface area contributed by atoms with Gasteiger partial charge in [0.2, 0.25) is 0 Å². The first-order chi connectivity index (χ1) is 6.13. The number of hydrogen-bond acceptors (Lipinski definition) is 2. The molecule has 3 nitrogen and oxygen atoms in total. The van der Waals surface area contributed by atoms with Crippen LogP contribution in [0.25, 0.3) is 0 Å². The lowest BCUT2D eigenvalue weighted by Gasteiger charge is -2.14. The molecule has 0 aromatic carbocycles. The van der Waals surface area contributed by atoms with Crippen LogP contribution in [0.2, 0.25) is 0 Å². The minimum atomic E-state index is -0.811. The standard InChI is InChI=1S/C10H13NO2/c1-7(2)9(10(12)13)8-5-3-4-6-11-8/h3-7,9H,1-2H3,(H,12,13)/t9-/m0/s1. The van der Waals surface area contributed by atoms with Crippen molar-refractivity contribution in [1.82, 2.24) is 4.98 Å². The second-order valence-corrected chi connectivity index (χ2v) is 3.31. The average Bonchev–Trinajstić information content (AvgIpc) is 2.04. The van der Waals surface area contributed by atoms with Crippen molar-refractivity contribution in [2.45, 2.75) is 19.8 Å². The maximum atomic E-state index is 10.9. The van der Waals surface area contributed by atoms with E-state index in [4.69, 9.17) is 5.11 Å². The molecule has 3 heteroatoms. The minimum Gasteiger partial charge on any atom is -0.481 e. The van der Waals surface area contributed by atoms with Gasteiger partial charge in [-0.1, -0.05) is 19.9 Å². The fourth-order valence-corrected chi connectivity index (χ4v) is 1.31. The van der Waals surface area contributed by atoms with Crippen molar-refractivity contribution in [2.75, 3.05) is 0 Å². The van der Waals surface area contributed by atoms with Gasteiger partial charge in [-0.3, -0.25) is 9.78 Å². The molecule has 70 valence electrons. The molecule has 0 saturated heterocycles. The van der Waals surface area contributed by atoms with Crippen LogP contribution in [0.3, 0.4) is 0 Å². The highest BCUT2D eigenvalue weighted by Gasteiger charge is 2.24. The molecule has 0 aliphatic rings. The molecule has 0 amide bonds. The fourth-order valence-electron chi connectivity index (χ4n) is 1.31. The zero-order valence-corrected chi connectivity index (χ0v) is 7.77. The van der Waals surface area contributed by atoms with E-state index in [1.807, 2.05) is 13.8 Å². The maximum absolute atomic E-state index is 10.9. The van der Waals surface area contributed by atoms with Crippen LogP contribution in [0.5, 0.6) is 0 Å². The van der Waals surface area contributed by atoms with Crippen LogP contribution in [0.1, 0.15) is 25.5 Å². The molecule has 0 fully saturated rings. The van der Waals surface area contributed by atoms with Crippen LogP contribution < -0.4 is 0 Å². The van der Waals surface area contributed by atoms with E-state index in [0.717, 1.165) is 0 Å². The molecule has 1 atom stereocenters. The average molecular weight is 179 g/mol. The van der Waals surface area contributed by atoms with Crippen molar-refractivity contribution in [3.63, 3.8) is 0 Å². The van der Waals surface area contributed by atoms with E-state index in [2.05, 4.69) is 4.98 Å². The summed E-state index contributed by atoms with van der Waals surface area (Å²) in [5, 5.41) is 8.96. The molecule has 1 heterocycles. The van der Waals surface area contributed by atoms with Gasteiger partial charge < -0.3 is 5.11 Å². The first kappa shape index (κ1) is 9.71. The summed E-state index contributed by atoms with van der Waals surface area (Å²) in [5.41, 5.74) is 0.630. The van der Waals surface area contributed by atoms with Gasteiger partial charge in [-0.15, -0.1) is 0 Å². The summed E-state index contributed by atoms with van der Waals surface area (Å²) in [6.07, 6.45) is 1.62. The van der Waals surface area contributed by atoms with E-state index < -0.39 is 11.9 Å². The highest BCUT2D eigenvalue weighted by atomic mass is 16.4. The fraction of sp³-hybridized carbons (Fsp3) is 0.400. The molecule has 0 radical (unpaired) electrons. The molecule has 0 aliphatic carbocycles. The van der Waals surface area contributed by atoms with Crippen LogP contribution in [-0.4, -0.2) is 16.1 Å². The molecule has 0 aliphatic heterocycles. The summed E-state index contributed by atoms with van der Waals surface area (Å²) >= 11 is 0. The van der Waals surface area contributed by atoms with Crippen molar-refractivity contribution in [3.8, 4) is 0 Å². The number of nitrogens with zero attached hydrogens (tertiary/aromatic N) is 1. The molecule has 0 unspecified atom stereocenters. The van der Waals surface area contributed by atoms with Gasteiger partial charge in [-0.2, -0.15) is 0 Å².